The fourth-order valence-corrected chi connectivity index (χ4v) is 1.92. The van der Waals surface area contributed by atoms with Gasteiger partial charge in [0.1, 0.15) is 0 Å². The maximum absolute atomic E-state index is 11.2. The molecule has 1 amide bonds. The van der Waals surface area contributed by atoms with Crippen LogP contribution in [0.25, 0.3) is 0 Å². The SMILES string of the molecule is CSc1ccc(N(C(=O)O)C(C)(C)C)cc1. The summed E-state index contributed by atoms with van der Waals surface area (Å²) >= 11 is 1.64. The van der Waals surface area contributed by atoms with Gasteiger partial charge in [0, 0.05) is 16.1 Å². The molecule has 0 saturated carbocycles. The molecule has 88 valence electrons. The van der Waals surface area contributed by atoms with Crippen molar-refractivity contribution in [3.8, 4) is 0 Å². The van der Waals surface area contributed by atoms with Crippen LogP contribution in [-0.2, 0) is 0 Å². The van der Waals surface area contributed by atoms with Crippen LogP contribution < -0.4 is 4.90 Å². The lowest BCUT2D eigenvalue weighted by atomic mass is 10.1. The first-order valence-corrected chi connectivity index (χ1v) is 6.26. The third-order valence-electron chi connectivity index (χ3n) is 2.19. The van der Waals surface area contributed by atoms with E-state index < -0.39 is 11.6 Å². The zero-order chi connectivity index (χ0) is 12.3. The lowest BCUT2D eigenvalue weighted by Gasteiger charge is -2.33. The number of carboxylic acid groups (broad SMARTS) is 1. The third-order valence-corrected chi connectivity index (χ3v) is 2.94. The van der Waals surface area contributed by atoms with E-state index in [9.17, 15) is 9.90 Å². The molecule has 0 unspecified atom stereocenters. The van der Waals surface area contributed by atoms with E-state index in [4.69, 9.17) is 0 Å². The second-order valence-corrected chi connectivity index (χ2v) is 5.37. The van der Waals surface area contributed by atoms with Gasteiger partial charge in [-0.15, -0.1) is 11.8 Å². The van der Waals surface area contributed by atoms with E-state index in [-0.39, 0.29) is 0 Å². The molecule has 0 atom stereocenters. The van der Waals surface area contributed by atoms with Crippen molar-refractivity contribution in [1.82, 2.24) is 0 Å². The lowest BCUT2D eigenvalue weighted by Crippen LogP contribution is -2.45. The molecule has 0 radical (unpaired) electrons. The van der Waals surface area contributed by atoms with E-state index in [0.29, 0.717) is 5.69 Å². The average molecular weight is 239 g/mol. The largest absolute Gasteiger partial charge is 0.465 e. The maximum Gasteiger partial charge on any atom is 0.412 e. The number of nitrogens with zero attached hydrogens (tertiary/aromatic N) is 1. The highest BCUT2D eigenvalue weighted by atomic mass is 32.2. The summed E-state index contributed by atoms with van der Waals surface area (Å²) < 4.78 is 0. The lowest BCUT2D eigenvalue weighted by molar-refractivity contribution is 0.195. The molecular formula is C12H17NO2S. The minimum atomic E-state index is -0.926. The zero-order valence-corrected chi connectivity index (χ0v) is 10.8. The number of hydrogen-bond donors (Lipinski definition) is 1. The number of benzene rings is 1. The fraction of sp³-hybridized carbons (Fsp3) is 0.417. The molecule has 0 aliphatic heterocycles. The first-order chi connectivity index (χ1) is 7.36. The molecule has 3 nitrogen and oxygen atoms in total. The summed E-state index contributed by atoms with van der Waals surface area (Å²) in [6.07, 6.45) is 1.07. The Kier molecular flexibility index (Phi) is 3.86. The summed E-state index contributed by atoms with van der Waals surface area (Å²) in [4.78, 5) is 13.7. The second kappa shape index (κ2) is 4.78. The van der Waals surface area contributed by atoms with Crippen LogP contribution in [-0.4, -0.2) is 23.0 Å². The molecule has 1 N–H and O–H groups in total. The Morgan fingerprint density at radius 3 is 2.06 bits per heavy atom. The molecule has 16 heavy (non-hydrogen) atoms. The van der Waals surface area contributed by atoms with Gasteiger partial charge in [0.15, 0.2) is 0 Å². The van der Waals surface area contributed by atoms with Crippen molar-refractivity contribution in [2.45, 2.75) is 31.2 Å². The van der Waals surface area contributed by atoms with Gasteiger partial charge < -0.3 is 5.11 Å². The summed E-state index contributed by atoms with van der Waals surface area (Å²) in [5.74, 6) is 0. The Morgan fingerprint density at radius 2 is 1.75 bits per heavy atom. The Labute approximate surface area is 100 Å². The van der Waals surface area contributed by atoms with Crippen LogP contribution in [0.2, 0.25) is 0 Å². The number of thioether (sulfide) groups is 1. The number of amides is 1. The summed E-state index contributed by atoms with van der Waals surface area (Å²) in [7, 11) is 0. The van der Waals surface area contributed by atoms with Crippen molar-refractivity contribution in [2.75, 3.05) is 11.2 Å². The summed E-state index contributed by atoms with van der Waals surface area (Å²) in [5, 5.41) is 9.21. The first kappa shape index (κ1) is 12.9. The molecule has 0 aromatic heterocycles. The number of anilines is 1. The van der Waals surface area contributed by atoms with Crippen LogP contribution in [0, 0.1) is 0 Å². The van der Waals surface area contributed by atoms with E-state index in [0.717, 1.165) is 4.90 Å². The Hall–Kier alpha value is -1.16. The molecule has 1 aromatic rings. The molecule has 0 saturated heterocycles. The minimum absolute atomic E-state index is 0.438. The van der Waals surface area contributed by atoms with Crippen molar-refractivity contribution in [3.63, 3.8) is 0 Å². The van der Waals surface area contributed by atoms with Gasteiger partial charge in [-0.1, -0.05) is 0 Å². The van der Waals surface area contributed by atoms with Crippen LogP contribution in [0.15, 0.2) is 29.2 Å². The standard InChI is InChI=1S/C12H17NO2S/c1-12(2,3)13(11(14)15)9-5-7-10(16-4)8-6-9/h5-8H,1-4H3,(H,14,15). The first-order valence-electron chi connectivity index (χ1n) is 5.03. The van der Waals surface area contributed by atoms with Crippen molar-refractivity contribution < 1.29 is 9.90 Å². The number of carbonyl (C=O) groups is 1. The zero-order valence-electron chi connectivity index (χ0n) is 10.0. The van der Waals surface area contributed by atoms with Gasteiger partial charge in [-0.05, 0) is 51.3 Å². The van der Waals surface area contributed by atoms with Crippen molar-refractivity contribution >= 4 is 23.5 Å². The molecule has 1 aromatic carbocycles. The second-order valence-electron chi connectivity index (χ2n) is 4.49. The topological polar surface area (TPSA) is 40.5 Å². The molecule has 0 bridgehead atoms. The van der Waals surface area contributed by atoms with E-state index >= 15 is 0 Å². The Bertz CT molecular complexity index is 368. The van der Waals surface area contributed by atoms with Crippen LogP contribution in [0.4, 0.5) is 10.5 Å². The normalized spacial score (nSPS) is 11.2. The van der Waals surface area contributed by atoms with E-state index in [1.165, 1.54) is 4.90 Å². The quantitative estimate of drug-likeness (QED) is 0.800. The Morgan fingerprint density at radius 1 is 1.25 bits per heavy atom. The van der Waals surface area contributed by atoms with Crippen molar-refractivity contribution in [1.29, 1.82) is 0 Å². The van der Waals surface area contributed by atoms with Gasteiger partial charge in [0.2, 0.25) is 0 Å². The van der Waals surface area contributed by atoms with Gasteiger partial charge >= 0.3 is 6.09 Å². The monoisotopic (exact) mass is 239 g/mol. The van der Waals surface area contributed by atoms with E-state index in [2.05, 4.69) is 0 Å². The highest BCUT2D eigenvalue weighted by Crippen LogP contribution is 2.26. The van der Waals surface area contributed by atoms with Crippen molar-refractivity contribution in [2.24, 2.45) is 0 Å². The number of hydrogen-bond acceptors (Lipinski definition) is 2. The molecule has 0 heterocycles. The number of rotatable bonds is 2. The molecule has 0 aliphatic rings. The highest BCUT2D eigenvalue weighted by molar-refractivity contribution is 7.98. The smallest absolute Gasteiger partial charge is 0.412 e. The predicted molar refractivity (Wildman–Crippen MR) is 68.5 cm³/mol. The molecule has 4 heteroatoms. The van der Waals surface area contributed by atoms with Crippen LogP contribution in [0.3, 0.4) is 0 Å². The van der Waals surface area contributed by atoms with Crippen LogP contribution in [0.1, 0.15) is 20.8 Å². The molecular weight excluding hydrogens is 222 g/mol. The van der Waals surface area contributed by atoms with Crippen LogP contribution in [0.5, 0.6) is 0 Å². The highest BCUT2D eigenvalue weighted by Gasteiger charge is 2.27. The summed E-state index contributed by atoms with van der Waals surface area (Å²) in [6.45, 7) is 5.64. The van der Waals surface area contributed by atoms with Gasteiger partial charge in [-0.3, -0.25) is 4.90 Å². The fourth-order valence-electron chi connectivity index (χ4n) is 1.52. The van der Waals surface area contributed by atoms with Crippen molar-refractivity contribution in [3.05, 3.63) is 24.3 Å². The summed E-state index contributed by atoms with van der Waals surface area (Å²) in [5.41, 5.74) is 0.269. The molecule has 0 fully saturated rings. The van der Waals surface area contributed by atoms with Gasteiger partial charge in [-0.2, -0.15) is 0 Å². The van der Waals surface area contributed by atoms with E-state index in [1.807, 2.05) is 51.3 Å². The third kappa shape index (κ3) is 2.92. The van der Waals surface area contributed by atoms with Gasteiger partial charge in [0.25, 0.3) is 0 Å². The predicted octanol–water partition coefficient (Wildman–Crippen LogP) is 3.69. The molecule has 0 spiro atoms. The van der Waals surface area contributed by atoms with E-state index in [1.54, 1.807) is 11.8 Å². The average Bonchev–Trinajstić information content (AvgIpc) is 2.16. The summed E-state index contributed by atoms with van der Waals surface area (Å²) in [6, 6.07) is 7.54. The van der Waals surface area contributed by atoms with Crippen LogP contribution >= 0.6 is 11.8 Å². The minimum Gasteiger partial charge on any atom is -0.465 e. The van der Waals surface area contributed by atoms with Gasteiger partial charge in [-0.25, -0.2) is 4.79 Å². The van der Waals surface area contributed by atoms with Gasteiger partial charge in [0.05, 0.1) is 0 Å². The molecule has 1 rings (SSSR count). The Balaban J connectivity index is 3.07. The molecule has 0 aliphatic carbocycles. The maximum atomic E-state index is 11.2.